The molecule has 0 aromatic carbocycles. The summed E-state index contributed by atoms with van der Waals surface area (Å²) < 4.78 is 0. The molecule has 0 aromatic heterocycles. The van der Waals surface area contributed by atoms with Crippen molar-refractivity contribution in [2.75, 3.05) is 0 Å². The maximum atomic E-state index is 4.03. The van der Waals surface area contributed by atoms with E-state index in [-0.39, 0.29) is 0 Å². The number of hydrogen-bond acceptors (Lipinski definition) is 0. The fourth-order valence-electron chi connectivity index (χ4n) is 0.736. The van der Waals surface area contributed by atoms with Crippen LogP contribution in [0.1, 0.15) is 33.6 Å². The molecule has 0 aliphatic rings. The first-order chi connectivity index (χ1) is 3.72. The molecular weight excluding hydrogens is 96.1 g/mol. The van der Waals surface area contributed by atoms with Crippen molar-refractivity contribution in [3.63, 3.8) is 0 Å². The van der Waals surface area contributed by atoms with Gasteiger partial charge in [0.25, 0.3) is 0 Å². The first-order valence-electron chi connectivity index (χ1n) is 3.55. The first kappa shape index (κ1) is 8.00. The van der Waals surface area contributed by atoms with Crippen LogP contribution in [-0.2, 0) is 0 Å². The van der Waals surface area contributed by atoms with Crippen LogP contribution in [0.2, 0.25) is 0 Å². The maximum Gasteiger partial charge on any atom is -0.0558 e. The van der Waals surface area contributed by atoms with Crippen LogP contribution in [0.5, 0.6) is 0 Å². The molecule has 2 unspecified atom stereocenters. The van der Waals surface area contributed by atoms with E-state index in [1.165, 1.54) is 12.8 Å². The molecule has 0 fully saturated rings. The summed E-state index contributed by atoms with van der Waals surface area (Å²) in [6.45, 7) is 10.7. The van der Waals surface area contributed by atoms with Gasteiger partial charge in [0.15, 0.2) is 0 Å². The third kappa shape index (κ3) is 2.34. The van der Waals surface area contributed by atoms with Crippen LogP contribution in [0.25, 0.3) is 0 Å². The molecule has 0 radical (unpaired) electrons. The Morgan fingerprint density at radius 3 is 1.88 bits per heavy atom. The lowest BCUT2D eigenvalue weighted by Crippen LogP contribution is -2.04. The molecule has 0 aliphatic carbocycles. The molecule has 0 spiro atoms. The van der Waals surface area contributed by atoms with Crippen LogP contribution in [0, 0.1) is 18.8 Å². The zero-order valence-electron chi connectivity index (χ0n) is 6.28. The van der Waals surface area contributed by atoms with Crippen LogP contribution < -0.4 is 0 Å². The Labute approximate surface area is 53.3 Å². The summed E-state index contributed by atoms with van der Waals surface area (Å²) in [5, 5.41) is 0. The van der Waals surface area contributed by atoms with E-state index in [0.29, 0.717) is 5.92 Å². The molecule has 0 amide bonds. The van der Waals surface area contributed by atoms with Crippen molar-refractivity contribution < 1.29 is 0 Å². The second-order valence-corrected chi connectivity index (χ2v) is 2.55. The summed E-state index contributed by atoms with van der Waals surface area (Å²) in [7, 11) is 0. The van der Waals surface area contributed by atoms with Crippen molar-refractivity contribution in [2.45, 2.75) is 33.6 Å². The SMILES string of the molecule is [CH2-]C(CC)C(C)CC. The van der Waals surface area contributed by atoms with Gasteiger partial charge in [0.05, 0.1) is 0 Å². The lowest BCUT2D eigenvalue weighted by Gasteiger charge is -2.21. The first-order valence-corrected chi connectivity index (χ1v) is 3.55. The van der Waals surface area contributed by atoms with Gasteiger partial charge in [0, 0.05) is 0 Å². The van der Waals surface area contributed by atoms with E-state index >= 15 is 0 Å². The minimum atomic E-state index is 0.667. The van der Waals surface area contributed by atoms with Crippen molar-refractivity contribution in [3.05, 3.63) is 6.92 Å². The zero-order valence-corrected chi connectivity index (χ0v) is 6.28. The van der Waals surface area contributed by atoms with Gasteiger partial charge in [-0.15, -0.1) is 0 Å². The summed E-state index contributed by atoms with van der Waals surface area (Å²) in [6, 6.07) is 0. The van der Waals surface area contributed by atoms with Gasteiger partial charge in [-0.05, 0) is 0 Å². The minimum Gasteiger partial charge on any atom is -0.340 e. The van der Waals surface area contributed by atoms with Gasteiger partial charge in [-0.3, -0.25) is 0 Å². The highest BCUT2D eigenvalue weighted by Gasteiger charge is 1.99. The molecule has 0 saturated carbocycles. The van der Waals surface area contributed by atoms with Gasteiger partial charge in [-0.1, -0.05) is 39.5 Å². The fourth-order valence-corrected chi connectivity index (χ4v) is 0.736. The van der Waals surface area contributed by atoms with Crippen molar-refractivity contribution in [1.82, 2.24) is 0 Å². The summed E-state index contributed by atoms with van der Waals surface area (Å²) in [5.41, 5.74) is 0. The third-order valence-corrected chi connectivity index (χ3v) is 1.97. The summed E-state index contributed by atoms with van der Waals surface area (Å²) in [6.07, 6.45) is 2.48. The van der Waals surface area contributed by atoms with Gasteiger partial charge in [0.1, 0.15) is 0 Å². The highest BCUT2D eigenvalue weighted by Crippen LogP contribution is 2.16. The molecule has 2 atom stereocenters. The molecule has 0 nitrogen and oxygen atoms in total. The lowest BCUT2D eigenvalue weighted by molar-refractivity contribution is 0.403. The molecule has 0 aliphatic heterocycles. The molecule has 0 heteroatoms. The van der Waals surface area contributed by atoms with Crippen molar-refractivity contribution >= 4 is 0 Å². The summed E-state index contributed by atoms with van der Waals surface area (Å²) in [5.74, 6) is 1.47. The van der Waals surface area contributed by atoms with E-state index in [1.54, 1.807) is 0 Å². The van der Waals surface area contributed by atoms with E-state index < -0.39 is 0 Å². The van der Waals surface area contributed by atoms with Crippen molar-refractivity contribution in [1.29, 1.82) is 0 Å². The Bertz CT molecular complexity index is 40.0. The molecule has 0 rings (SSSR count). The quantitative estimate of drug-likeness (QED) is 0.494. The Kier molecular flexibility index (Phi) is 3.94. The average Bonchev–Trinajstić information content (AvgIpc) is 1.84. The molecule has 0 saturated heterocycles. The normalized spacial score (nSPS) is 18.0. The van der Waals surface area contributed by atoms with Crippen LogP contribution in [0.4, 0.5) is 0 Å². The Balaban J connectivity index is 3.29. The second-order valence-electron chi connectivity index (χ2n) is 2.55. The van der Waals surface area contributed by atoms with Crippen LogP contribution >= 0.6 is 0 Å². The lowest BCUT2D eigenvalue weighted by atomic mass is 9.92. The second kappa shape index (κ2) is 3.94. The Morgan fingerprint density at radius 2 is 1.75 bits per heavy atom. The Hall–Kier alpha value is 0. The van der Waals surface area contributed by atoms with E-state index in [9.17, 15) is 0 Å². The topological polar surface area (TPSA) is 0 Å². The monoisotopic (exact) mass is 113 g/mol. The maximum absolute atomic E-state index is 4.03. The van der Waals surface area contributed by atoms with Crippen LogP contribution in [0.15, 0.2) is 0 Å². The predicted molar refractivity (Wildman–Crippen MR) is 38.6 cm³/mol. The number of rotatable bonds is 3. The van der Waals surface area contributed by atoms with Crippen molar-refractivity contribution in [3.8, 4) is 0 Å². The summed E-state index contributed by atoms with van der Waals surface area (Å²) in [4.78, 5) is 0. The highest BCUT2D eigenvalue weighted by molar-refractivity contribution is 4.64. The van der Waals surface area contributed by atoms with Gasteiger partial charge in [-0.2, -0.15) is 5.92 Å². The standard InChI is InChI=1S/C8H17/c1-5-7(3)8(4)6-2/h7-8H,3,5-6H2,1-2,4H3/q-1. The van der Waals surface area contributed by atoms with Crippen LogP contribution in [0.3, 0.4) is 0 Å². The van der Waals surface area contributed by atoms with Crippen molar-refractivity contribution in [2.24, 2.45) is 11.8 Å². The Morgan fingerprint density at radius 1 is 1.25 bits per heavy atom. The predicted octanol–water partition coefficient (Wildman–Crippen LogP) is 2.89. The van der Waals surface area contributed by atoms with Crippen LogP contribution in [-0.4, -0.2) is 0 Å². The molecule has 0 N–H and O–H groups in total. The molecule has 8 heavy (non-hydrogen) atoms. The highest BCUT2D eigenvalue weighted by atomic mass is 14.1. The minimum absolute atomic E-state index is 0.667. The molecule has 50 valence electrons. The van der Waals surface area contributed by atoms with Gasteiger partial charge in [0.2, 0.25) is 0 Å². The van der Waals surface area contributed by atoms with E-state index in [2.05, 4.69) is 27.7 Å². The molecule has 0 aromatic rings. The van der Waals surface area contributed by atoms with E-state index in [4.69, 9.17) is 0 Å². The van der Waals surface area contributed by atoms with Gasteiger partial charge >= 0.3 is 0 Å². The average molecular weight is 113 g/mol. The van der Waals surface area contributed by atoms with Gasteiger partial charge in [-0.25, -0.2) is 0 Å². The van der Waals surface area contributed by atoms with E-state index in [1.807, 2.05) is 0 Å². The molecule has 0 bridgehead atoms. The summed E-state index contributed by atoms with van der Waals surface area (Å²) >= 11 is 0. The zero-order chi connectivity index (χ0) is 6.57. The molecule has 0 heterocycles. The van der Waals surface area contributed by atoms with Gasteiger partial charge < -0.3 is 6.92 Å². The van der Waals surface area contributed by atoms with E-state index in [0.717, 1.165) is 5.92 Å². The fraction of sp³-hybridized carbons (Fsp3) is 0.875. The number of hydrogen-bond donors (Lipinski definition) is 0. The molecular formula is C8H17-. The largest absolute Gasteiger partial charge is 0.340 e. The smallest absolute Gasteiger partial charge is 0.0558 e. The third-order valence-electron chi connectivity index (χ3n) is 1.97.